The molecule has 0 amide bonds. The van der Waals surface area contributed by atoms with Crippen LogP contribution in [0, 0.1) is 0 Å². The van der Waals surface area contributed by atoms with Gasteiger partial charge in [-0.3, -0.25) is 9.59 Å². The van der Waals surface area contributed by atoms with Crippen LogP contribution in [0.25, 0.3) is 0 Å². The van der Waals surface area contributed by atoms with E-state index in [1.165, 1.54) is 21.0 Å². The predicted octanol–water partition coefficient (Wildman–Crippen LogP) is -0.787. The summed E-state index contributed by atoms with van der Waals surface area (Å²) in [6.45, 7) is 2.36. The molecule has 0 aromatic heterocycles. The maximum Gasteiger partial charge on any atom is 0.303 e. The van der Waals surface area contributed by atoms with E-state index in [-0.39, 0.29) is 6.61 Å². The van der Waals surface area contributed by atoms with Gasteiger partial charge in [-0.05, 0) is 0 Å². The lowest BCUT2D eigenvalue weighted by Crippen LogP contribution is -2.38. The van der Waals surface area contributed by atoms with Crippen LogP contribution in [0.5, 0.6) is 0 Å². The number of rotatable bonds is 4. The molecule has 0 spiro atoms. The fourth-order valence-electron chi connectivity index (χ4n) is 1.57. The summed E-state index contributed by atoms with van der Waals surface area (Å²) in [5.41, 5.74) is 0. The van der Waals surface area contributed by atoms with Crippen LogP contribution in [0.1, 0.15) is 13.8 Å². The molecule has 1 fully saturated rings. The minimum Gasteiger partial charge on any atom is -0.463 e. The lowest BCUT2D eigenvalue weighted by atomic mass is 10.1. The van der Waals surface area contributed by atoms with Crippen LogP contribution >= 0.6 is 0 Å². The first-order valence-electron chi connectivity index (χ1n) is 5.12. The highest BCUT2D eigenvalue weighted by Crippen LogP contribution is 2.25. The number of hydrogen-bond donors (Lipinski definition) is 1. The minimum atomic E-state index is -1.11. The van der Waals surface area contributed by atoms with Gasteiger partial charge in [0, 0.05) is 21.0 Å². The summed E-state index contributed by atoms with van der Waals surface area (Å²) >= 11 is 0. The van der Waals surface area contributed by atoms with E-state index in [0.29, 0.717) is 0 Å². The van der Waals surface area contributed by atoms with Gasteiger partial charge in [0.25, 0.3) is 0 Å². The van der Waals surface area contributed by atoms with Crippen molar-refractivity contribution in [3.8, 4) is 0 Å². The number of esters is 2. The summed E-state index contributed by atoms with van der Waals surface area (Å²) in [6.07, 6.45) is -3.65. The van der Waals surface area contributed by atoms with Crippen molar-refractivity contribution in [2.24, 2.45) is 0 Å². The molecule has 0 saturated carbocycles. The molecule has 0 bridgehead atoms. The smallest absolute Gasteiger partial charge is 0.303 e. The van der Waals surface area contributed by atoms with Crippen LogP contribution < -0.4 is 0 Å². The van der Waals surface area contributed by atoms with Crippen molar-refractivity contribution in [1.29, 1.82) is 0 Å². The topological polar surface area (TPSA) is 91.3 Å². The molecular formula is C10H16O7. The van der Waals surface area contributed by atoms with Gasteiger partial charge in [0.15, 0.2) is 12.4 Å². The number of carbonyl (C=O) groups is 2. The van der Waals surface area contributed by atoms with Crippen molar-refractivity contribution in [2.45, 2.75) is 38.4 Å². The number of aliphatic hydroxyl groups is 1. The normalized spacial score (nSPS) is 32.2. The summed E-state index contributed by atoms with van der Waals surface area (Å²) in [6, 6.07) is 0. The molecule has 17 heavy (non-hydrogen) atoms. The van der Waals surface area contributed by atoms with Crippen LogP contribution in [0.15, 0.2) is 0 Å². The third-order valence-electron chi connectivity index (χ3n) is 2.28. The summed E-state index contributed by atoms with van der Waals surface area (Å²) in [7, 11) is 1.35. The van der Waals surface area contributed by atoms with Gasteiger partial charge in [-0.15, -0.1) is 0 Å². The molecule has 0 radical (unpaired) electrons. The Kier molecular flexibility index (Phi) is 4.86. The third-order valence-corrected chi connectivity index (χ3v) is 2.28. The van der Waals surface area contributed by atoms with Crippen molar-refractivity contribution in [3.63, 3.8) is 0 Å². The van der Waals surface area contributed by atoms with Crippen LogP contribution in [0.4, 0.5) is 0 Å². The Morgan fingerprint density at radius 1 is 1.29 bits per heavy atom. The molecule has 4 atom stereocenters. The van der Waals surface area contributed by atoms with Crippen molar-refractivity contribution in [2.75, 3.05) is 13.7 Å². The largest absolute Gasteiger partial charge is 0.463 e. The van der Waals surface area contributed by atoms with E-state index in [1.807, 2.05) is 0 Å². The van der Waals surface area contributed by atoms with Gasteiger partial charge in [0.05, 0.1) is 0 Å². The Bertz CT molecular complexity index is 290. The number of hydrogen-bond acceptors (Lipinski definition) is 7. The second-order valence-corrected chi connectivity index (χ2v) is 3.65. The van der Waals surface area contributed by atoms with E-state index < -0.39 is 36.5 Å². The Hall–Kier alpha value is -1.18. The molecule has 1 aliphatic rings. The lowest BCUT2D eigenvalue weighted by molar-refractivity contribution is -0.164. The first-order valence-corrected chi connectivity index (χ1v) is 5.12. The van der Waals surface area contributed by atoms with Gasteiger partial charge in [-0.1, -0.05) is 0 Å². The summed E-state index contributed by atoms with van der Waals surface area (Å²) in [5.74, 6) is -1.03. The Morgan fingerprint density at radius 3 is 2.41 bits per heavy atom. The highest BCUT2D eigenvalue weighted by Gasteiger charge is 2.46. The fraction of sp³-hybridized carbons (Fsp3) is 0.800. The molecule has 0 aliphatic carbocycles. The molecule has 1 N–H and O–H groups in total. The molecule has 7 heteroatoms. The van der Waals surface area contributed by atoms with E-state index in [4.69, 9.17) is 18.9 Å². The summed E-state index contributed by atoms with van der Waals surface area (Å²) < 4.78 is 19.8. The molecule has 0 aromatic rings. The predicted molar refractivity (Wildman–Crippen MR) is 53.9 cm³/mol. The average molecular weight is 248 g/mol. The van der Waals surface area contributed by atoms with E-state index in [2.05, 4.69) is 0 Å². The highest BCUT2D eigenvalue weighted by molar-refractivity contribution is 5.66. The fourth-order valence-corrected chi connectivity index (χ4v) is 1.57. The maximum absolute atomic E-state index is 10.9. The van der Waals surface area contributed by atoms with Crippen LogP contribution in [0.3, 0.4) is 0 Å². The zero-order chi connectivity index (χ0) is 13.0. The van der Waals surface area contributed by atoms with E-state index in [9.17, 15) is 14.7 Å². The van der Waals surface area contributed by atoms with E-state index in [0.717, 1.165) is 0 Å². The molecule has 0 unspecified atom stereocenters. The first kappa shape index (κ1) is 13.9. The minimum absolute atomic E-state index is 0.107. The van der Waals surface area contributed by atoms with Crippen molar-refractivity contribution >= 4 is 11.9 Å². The summed E-state index contributed by atoms with van der Waals surface area (Å²) in [5, 5.41) is 9.77. The highest BCUT2D eigenvalue weighted by atomic mass is 16.7. The van der Waals surface area contributed by atoms with Gasteiger partial charge in [-0.25, -0.2) is 0 Å². The van der Waals surface area contributed by atoms with Crippen molar-refractivity contribution in [3.05, 3.63) is 0 Å². The molecule has 1 heterocycles. The second-order valence-electron chi connectivity index (χ2n) is 3.65. The molecule has 98 valence electrons. The first-order chi connectivity index (χ1) is 7.95. The number of carbonyl (C=O) groups excluding carboxylic acids is 2. The maximum atomic E-state index is 10.9. The summed E-state index contributed by atoms with van der Waals surface area (Å²) in [4.78, 5) is 21.6. The van der Waals surface area contributed by atoms with Gasteiger partial charge in [-0.2, -0.15) is 0 Å². The Labute approximate surface area is 98.6 Å². The quantitative estimate of drug-likeness (QED) is 0.652. The average Bonchev–Trinajstić information content (AvgIpc) is 2.53. The molecule has 0 aromatic carbocycles. The third kappa shape index (κ3) is 3.65. The number of aliphatic hydroxyl groups excluding tert-OH is 1. The van der Waals surface area contributed by atoms with E-state index in [1.54, 1.807) is 0 Å². The molecule has 1 aliphatic heterocycles. The Balaban J connectivity index is 2.64. The SMILES string of the molecule is CO[C@H]1O[C@H](COC(C)=O)[C@@H](OC(C)=O)[C@@H]1O. The molecule has 1 saturated heterocycles. The monoisotopic (exact) mass is 248 g/mol. The second kappa shape index (κ2) is 5.95. The Morgan fingerprint density at radius 2 is 1.94 bits per heavy atom. The molecular weight excluding hydrogens is 232 g/mol. The standard InChI is InChI=1S/C10H16O7/c1-5(11)15-4-7-9(16-6(2)12)8(13)10(14-3)17-7/h7-10,13H,4H2,1-3H3/t7-,8+,9-,10+/m1/s1. The van der Waals surface area contributed by atoms with Crippen LogP contribution in [0.2, 0.25) is 0 Å². The van der Waals surface area contributed by atoms with E-state index >= 15 is 0 Å². The molecule has 1 rings (SSSR count). The number of methoxy groups -OCH3 is 1. The van der Waals surface area contributed by atoms with Crippen LogP contribution in [-0.4, -0.2) is 55.4 Å². The number of ether oxygens (including phenoxy) is 4. The lowest BCUT2D eigenvalue weighted by Gasteiger charge is -2.19. The van der Waals surface area contributed by atoms with Gasteiger partial charge in [0.2, 0.25) is 0 Å². The van der Waals surface area contributed by atoms with Crippen molar-refractivity contribution in [1.82, 2.24) is 0 Å². The van der Waals surface area contributed by atoms with Gasteiger partial charge < -0.3 is 24.1 Å². The zero-order valence-electron chi connectivity index (χ0n) is 9.91. The van der Waals surface area contributed by atoms with Gasteiger partial charge >= 0.3 is 11.9 Å². The van der Waals surface area contributed by atoms with Crippen LogP contribution in [-0.2, 0) is 28.5 Å². The van der Waals surface area contributed by atoms with Gasteiger partial charge in [0.1, 0.15) is 18.8 Å². The molecule has 7 nitrogen and oxygen atoms in total. The van der Waals surface area contributed by atoms with Crippen molar-refractivity contribution < 1.29 is 33.6 Å². The zero-order valence-corrected chi connectivity index (χ0v) is 9.91.